The first kappa shape index (κ1) is 15.2. The van der Waals surface area contributed by atoms with Crippen molar-refractivity contribution in [2.24, 2.45) is 0 Å². The van der Waals surface area contributed by atoms with Crippen LogP contribution < -0.4 is 4.90 Å². The summed E-state index contributed by atoms with van der Waals surface area (Å²) in [5.41, 5.74) is 2.39. The molecule has 0 bridgehead atoms. The van der Waals surface area contributed by atoms with Crippen LogP contribution in [0.2, 0.25) is 0 Å². The first-order valence-electron chi connectivity index (χ1n) is 7.78. The lowest BCUT2D eigenvalue weighted by molar-refractivity contribution is 0.0982. The minimum Gasteiger partial charge on any atom is -0.375 e. The number of anilines is 1. The van der Waals surface area contributed by atoms with Gasteiger partial charge in [-0.05, 0) is 32.1 Å². The van der Waals surface area contributed by atoms with E-state index in [1.165, 1.54) is 5.56 Å². The zero-order valence-electron chi connectivity index (χ0n) is 13.4. The van der Waals surface area contributed by atoms with E-state index in [0.717, 1.165) is 37.3 Å². The van der Waals surface area contributed by atoms with E-state index in [0.29, 0.717) is 12.0 Å². The highest BCUT2D eigenvalue weighted by Gasteiger charge is 2.34. The van der Waals surface area contributed by atoms with Crippen LogP contribution in [0.1, 0.15) is 70.2 Å². The summed E-state index contributed by atoms with van der Waals surface area (Å²) in [5.74, 6) is 1.59. The first-order valence-corrected chi connectivity index (χ1v) is 7.78. The van der Waals surface area contributed by atoms with E-state index in [1.807, 2.05) is 0 Å². The molecule has 0 N–H and O–H groups in total. The van der Waals surface area contributed by atoms with Crippen LogP contribution in [0.4, 0.5) is 5.82 Å². The molecule has 1 aromatic heterocycles. The van der Waals surface area contributed by atoms with E-state index in [2.05, 4.69) is 42.6 Å². The van der Waals surface area contributed by atoms with Crippen LogP contribution in [0.25, 0.3) is 0 Å². The van der Waals surface area contributed by atoms with E-state index < -0.39 is 0 Å². The molecule has 1 heterocycles. The van der Waals surface area contributed by atoms with Crippen LogP contribution >= 0.6 is 0 Å². The molecule has 1 aliphatic carbocycles. The van der Waals surface area contributed by atoms with Crippen molar-refractivity contribution in [1.29, 1.82) is 0 Å². The third-order valence-electron chi connectivity index (χ3n) is 4.40. The molecule has 4 heteroatoms. The fourth-order valence-corrected chi connectivity index (χ4v) is 3.11. The Bertz CT molecular complexity index is 449. The Balaban J connectivity index is 2.44. The summed E-state index contributed by atoms with van der Waals surface area (Å²) in [6.07, 6.45) is 5.09. The summed E-state index contributed by atoms with van der Waals surface area (Å²) >= 11 is 0. The lowest BCUT2D eigenvalue weighted by atomic mass is 10.0. The minimum atomic E-state index is 0.127. The number of rotatable bonds is 6. The van der Waals surface area contributed by atoms with Crippen LogP contribution in [0.15, 0.2) is 6.33 Å². The van der Waals surface area contributed by atoms with Crippen molar-refractivity contribution in [2.45, 2.75) is 65.0 Å². The molecular formula is C16H27N3O. The SMILES string of the molecule is CCCN(c1ncnc2c1C(C)CC2OC)C(C)CC. The van der Waals surface area contributed by atoms with E-state index in [-0.39, 0.29) is 6.10 Å². The maximum Gasteiger partial charge on any atom is 0.136 e. The van der Waals surface area contributed by atoms with Crippen LogP contribution in [0.5, 0.6) is 0 Å². The monoisotopic (exact) mass is 277 g/mol. The third kappa shape index (κ3) is 2.66. The van der Waals surface area contributed by atoms with Crippen molar-refractivity contribution >= 4 is 5.82 Å². The fraction of sp³-hybridized carbons (Fsp3) is 0.750. The summed E-state index contributed by atoms with van der Waals surface area (Å²) in [6.45, 7) is 10.0. The smallest absolute Gasteiger partial charge is 0.136 e. The topological polar surface area (TPSA) is 38.2 Å². The van der Waals surface area contributed by atoms with Gasteiger partial charge in [0.2, 0.25) is 0 Å². The molecule has 20 heavy (non-hydrogen) atoms. The number of hydrogen-bond acceptors (Lipinski definition) is 4. The molecule has 2 rings (SSSR count). The lowest BCUT2D eigenvalue weighted by Gasteiger charge is -2.31. The summed E-state index contributed by atoms with van der Waals surface area (Å²) in [4.78, 5) is 11.5. The fourth-order valence-electron chi connectivity index (χ4n) is 3.11. The van der Waals surface area contributed by atoms with Gasteiger partial charge in [0.25, 0.3) is 0 Å². The van der Waals surface area contributed by atoms with Gasteiger partial charge < -0.3 is 9.64 Å². The van der Waals surface area contributed by atoms with Crippen molar-refractivity contribution in [3.05, 3.63) is 17.6 Å². The number of ether oxygens (including phenoxy) is 1. The number of nitrogens with zero attached hydrogens (tertiary/aromatic N) is 3. The number of aromatic nitrogens is 2. The Morgan fingerprint density at radius 1 is 1.40 bits per heavy atom. The van der Waals surface area contributed by atoms with Gasteiger partial charge in [0.05, 0.1) is 5.69 Å². The van der Waals surface area contributed by atoms with Crippen LogP contribution in [-0.4, -0.2) is 29.7 Å². The lowest BCUT2D eigenvalue weighted by Crippen LogP contribution is -2.35. The highest BCUT2D eigenvalue weighted by atomic mass is 16.5. The van der Waals surface area contributed by atoms with Gasteiger partial charge in [0.1, 0.15) is 18.2 Å². The van der Waals surface area contributed by atoms with Crippen LogP contribution in [0, 0.1) is 0 Å². The molecule has 0 amide bonds. The van der Waals surface area contributed by atoms with Crippen LogP contribution in [0.3, 0.4) is 0 Å². The van der Waals surface area contributed by atoms with Crippen molar-refractivity contribution in [1.82, 2.24) is 9.97 Å². The van der Waals surface area contributed by atoms with Gasteiger partial charge in [-0.3, -0.25) is 0 Å². The molecular weight excluding hydrogens is 250 g/mol. The quantitative estimate of drug-likeness (QED) is 0.795. The number of methoxy groups -OCH3 is 1. The number of fused-ring (bicyclic) bond motifs is 1. The molecule has 4 nitrogen and oxygen atoms in total. The predicted octanol–water partition coefficient (Wildman–Crippen LogP) is 3.69. The van der Waals surface area contributed by atoms with Gasteiger partial charge in [-0.1, -0.05) is 20.8 Å². The zero-order chi connectivity index (χ0) is 14.7. The average molecular weight is 277 g/mol. The van der Waals surface area contributed by atoms with Gasteiger partial charge >= 0.3 is 0 Å². The molecule has 0 saturated heterocycles. The predicted molar refractivity (Wildman–Crippen MR) is 82.2 cm³/mol. The highest BCUT2D eigenvalue weighted by molar-refractivity contribution is 5.54. The molecule has 0 aromatic carbocycles. The molecule has 1 aromatic rings. The molecule has 3 atom stereocenters. The Kier molecular flexibility index (Phi) is 4.97. The summed E-state index contributed by atoms with van der Waals surface area (Å²) in [6, 6.07) is 0.503. The maximum absolute atomic E-state index is 5.58. The summed E-state index contributed by atoms with van der Waals surface area (Å²) < 4.78 is 5.58. The van der Waals surface area contributed by atoms with Crippen LogP contribution in [-0.2, 0) is 4.74 Å². The molecule has 1 aliphatic rings. The van der Waals surface area contributed by atoms with Gasteiger partial charge in [0, 0.05) is 25.3 Å². The van der Waals surface area contributed by atoms with Gasteiger partial charge in [-0.2, -0.15) is 0 Å². The maximum atomic E-state index is 5.58. The van der Waals surface area contributed by atoms with Gasteiger partial charge in [-0.15, -0.1) is 0 Å². The molecule has 0 spiro atoms. The first-order chi connectivity index (χ1) is 9.63. The van der Waals surface area contributed by atoms with Gasteiger partial charge in [-0.25, -0.2) is 9.97 Å². The molecule has 3 unspecified atom stereocenters. The number of hydrogen-bond donors (Lipinski definition) is 0. The summed E-state index contributed by atoms with van der Waals surface area (Å²) in [7, 11) is 1.77. The van der Waals surface area contributed by atoms with Crippen molar-refractivity contribution in [3.8, 4) is 0 Å². The average Bonchev–Trinajstić information content (AvgIpc) is 2.81. The molecule has 0 radical (unpaired) electrons. The highest BCUT2D eigenvalue weighted by Crippen LogP contribution is 2.44. The largest absolute Gasteiger partial charge is 0.375 e. The molecule has 0 saturated carbocycles. The standard InChI is InChI=1S/C16H27N3O/c1-6-8-19(12(4)7-2)16-14-11(3)9-13(20-5)15(14)17-10-18-16/h10-13H,6-9H2,1-5H3. The minimum absolute atomic E-state index is 0.127. The third-order valence-corrected chi connectivity index (χ3v) is 4.40. The summed E-state index contributed by atoms with van der Waals surface area (Å²) in [5, 5.41) is 0. The van der Waals surface area contributed by atoms with E-state index in [4.69, 9.17) is 4.74 Å². The Morgan fingerprint density at radius 3 is 2.75 bits per heavy atom. The molecule has 0 fully saturated rings. The second-order valence-electron chi connectivity index (χ2n) is 5.81. The normalized spacial score (nSPS) is 22.6. The van der Waals surface area contributed by atoms with Crippen molar-refractivity contribution < 1.29 is 4.74 Å². The van der Waals surface area contributed by atoms with E-state index >= 15 is 0 Å². The van der Waals surface area contributed by atoms with E-state index in [1.54, 1.807) is 13.4 Å². The van der Waals surface area contributed by atoms with Crippen molar-refractivity contribution in [2.75, 3.05) is 18.6 Å². The van der Waals surface area contributed by atoms with Crippen molar-refractivity contribution in [3.63, 3.8) is 0 Å². The van der Waals surface area contributed by atoms with E-state index in [9.17, 15) is 0 Å². The molecule has 112 valence electrons. The second kappa shape index (κ2) is 6.53. The zero-order valence-corrected chi connectivity index (χ0v) is 13.4. The second-order valence-corrected chi connectivity index (χ2v) is 5.81. The Hall–Kier alpha value is -1.16. The Labute approximate surface area is 122 Å². The van der Waals surface area contributed by atoms with Gasteiger partial charge in [0.15, 0.2) is 0 Å². The molecule has 0 aliphatic heterocycles. The Morgan fingerprint density at radius 2 is 2.15 bits per heavy atom.